The topological polar surface area (TPSA) is 46.3 Å². The molecule has 1 unspecified atom stereocenters. The summed E-state index contributed by atoms with van der Waals surface area (Å²) in [5.41, 5.74) is 5.74. The largest absolute Gasteiger partial charge is 0.338 e. The van der Waals surface area contributed by atoms with Crippen LogP contribution in [0.3, 0.4) is 0 Å². The van der Waals surface area contributed by atoms with Crippen molar-refractivity contribution in [2.24, 2.45) is 11.7 Å². The van der Waals surface area contributed by atoms with Gasteiger partial charge in [0.15, 0.2) is 0 Å². The van der Waals surface area contributed by atoms with Gasteiger partial charge in [0.25, 0.3) is 0 Å². The second kappa shape index (κ2) is 6.11. The lowest BCUT2D eigenvalue weighted by molar-refractivity contribution is -0.134. The Morgan fingerprint density at radius 2 is 2.13 bits per heavy atom. The van der Waals surface area contributed by atoms with Crippen molar-refractivity contribution < 1.29 is 4.79 Å². The van der Waals surface area contributed by atoms with Crippen LogP contribution in [0.25, 0.3) is 0 Å². The predicted octanol–water partition coefficient (Wildman–Crippen LogP) is 1.76. The van der Waals surface area contributed by atoms with Gasteiger partial charge in [-0.2, -0.15) is 0 Å². The Hall–Kier alpha value is -0.570. The number of nitrogens with two attached hydrogens (primary N) is 1. The fourth-order valence-electron chi connectivity index (χ4n) is 2.22. The zero-order chi connectivity index (χ0) is 11.3. The van der Waals surface area contributed by atoms with E-state index in [1.165, 1.54) is 12.8 Å². The summed E-state index contributed by atoms with van der Waals surface area (Å²) < 4.78 is 0. The van der Waals surface area contributed by atoms with Crippen molar-refractivity contribution in [3.8, 4) is 0 Å². The van der Waals surface area contributed by atoms with Crippen LogP contribution in [0.4, 0.5) is 0 Å². The van der Waals surface area contributed by atoms with E-state index in [1.54, 1.807) is 0 Å². The molecule has 1 fully saturated rings. The SMILES string of the molecule is CC(C)CC(=O)N1CCCCCC1CN. The molecule has 0 aromatic carbocycles. The van der Waals surface area contributed by atoms with Crippen molar-refractivity contribution in [1.29, 1.82) is 0 Å². The minimum atomic E-state index is 0.291. The maximum atomic E-state index is 12.0. The van der Waals surface area contributed by atoms with Crippen LogP contribution in [0.1, 0.15) is 46.0 Å². The summed E-state index contributed by atoms with van der Waals surface area (Å²) in [5.74, 6) is 0.738. The molecule has 1 rings (SSSR count). The van der Waals surface area contributed by atoms with Crippen LogP contribution in [0, 0.1) is 5.92 Å². The summed E-state index contributed by atoms with van der Waals surface area (Å²) in [6.07, 6.45) is 5.34. The molecule has 1 aliphatic heterocycles. The summed E-state index contributed by atoms with van der Waals surface area (Å²) in [4.78, 5) is 14.0. The molecule has 3 heteroatoms. The average Bonchev–Trinajstić information content (AvgIpc) is 2.40. The quantitative estimate of drug-likeness (QED) is 0.775. The van der Waals surface area contributed by atoms with E-state index < -0.39 is 0 Å². The van der Waals surface area contributed by atoms with Crippen LogP contribution in [0.2, 0.25) is 0 Å². The third kappa shape index (κ3) is 3.82. The highest BCUT2D eigenvalue weighted by atomic mass is 16.2. The first-order valence-corrected chi connectivity index (χ1v) is 6.14. The zero-order valence-electron chi connectivity index (χ0n) is 10.0. The second-order valence-corrected chi connectivity index (χ2v) is 4.92. The van der Waals surface area contributed by atoms with Crippen molar-refractivity contribution in [3.63, 3.8) is 0 Å². The van der Waals surface area contributed by atoms with E-state index in [0.29, 0.717) is 30.8 Å². The molecule has 0 saturated carbocycles. The third-order valence-corrected chi connectivity index (χ3v) is 3.05. The Labute approximate surface area is 93.0 Å². The van der Waals surface area contributed by atoms with Crippen LogP contribution in [0.15, 0.2) is 0 Å². The van der Waals surface area contributed by atoms with Gasteiger partial charge in [-0.3, -0.25) is 4.79 Å². The molecule has 0 aromatic rings. The van der Waals surface area contributed by atoms with Crippen LogP contribution in [-0.4, -0.2) is 29.9 Å². The molecule has 2 N–H and O–H groups in total. The number of hydrogen-bond acceptors (Lipinski definition) is 2. The molecule has 88 valence electrons. The van der Waals surface area contributed by atoms with Crippen molar-refractivity contribution in [1.82, 2.24) is 4.90 Å². The van der Waals surface area contributed by atoms with Crippen LogP contribution < -0.4 is 5.73 Å². The van der Waals surface area contributed by atoms with Gasteiger partial charge in [-0.1, -0.05) is 26.7 Å². The monoisotopic (exact) mass is 212 g/mol. The van der Waals surface area contributed by atoms with E-state index in [0.717, 1.165) is 19.4 Å². The summed E-state index contributed by atoms with van der Waals surface area (Å²) >= 11 is 0. The van der Waals surface area contributed by atoms with Gasteiger partial charge in [-0.15, -0.1) is 0 Å². The zero-order valence-corrected chi connectivity index (χ0v) is 10.0. The van der Waals surface area contributed by atoms with E-state index >= 15 is 0 Å². The molecular formula is C12H24N2O. The van der Waals surface area contributed by atoms with Crippen LogP contribution in [-0.2, 0) is 4.79 Å². The van der Waals surface area contributed by atoms with E-state index in [2.05, 4.69) is 13.8 Å². The normalized spacial score (nSPS) is 22.9. The summed E-state index contributed by atoms with van der Waals surface area (Å²) in [6.45, 7) is 5.71. The van der Waals surface area contributed by atoms with Crippen molar-refractivity contribution in [3.05, 3.63) is 0 Å². The molecule has 0 spiro atoms. The molecule has 1 amide bonds. The van der Waals surface area contributed by atoms with Crippen LogP contribution >= 0.6 is 0 Å². The molecule has 1 aliphatic rings. The minimum absolute atomic E-state index is 0.291. The number of amides is 1. The maximum absolute atomic E-state index is 12.0. The Morgan fingerprint density at radius 3 is 2.73 bits per heavy atom. The number of likely N-dealkylation sites (tertiary alicyclic amines) is 1. The number of nitrogens with zero attached hydrogens (tertiary/aromatic N) is 1. The van der Waals surface area contributed by atoms with Gasteiger partial charge < -0.3 is 10.6 Å². The Bertz CT molecular complexity index is 204. The van der Waals surface area contributed by atoms with Gasteiger partial charge in [-0.25, -0.2) is 0 Å². The smallest absolute Gasteiger partial charge is 0.223 e. The number of rotatable bonds is 3. The van der Waals surface area contributed by atoms with E-state index in [1.807, 2.05) is 4.90 Å². The minimum Gasteiger partial charge on any atom is -0.338 e. The summed E-state index contributed by atoms with van der Waals surface area (Å²) in [5, 5.41) is 0. The molecule has 0 aliphatic carbocycles. The average molecular weight is 212 g/mol. The molecule has 1 heterocycles. The van der Waals surface area contributed by atoms with Gasteiger partial charge in [0.05, 0.1) is 0 Å². The fourth-order valence-corrected chi connectivity index (χ4v) is 2.22. The number of hydrogen-bond donors (Lipinski definition) is 1. The molecule has 3 nitrogen and oxygen atoms in total. The van der Waals surface area contributed by atoms with Crippen molar-refractivity contribution in [2.45, 2.75) is 52.0 Å². The van der Waals surface area contributed by atoms with Gasteiger partial charge in [0, 0.05) is 25.6 Å². The Balaban J connectivity index is 2.57. The molecule has 0 aromatic heterocycles. The summed E-state index contributed by atoms with van der Waals surface area (Å²) in [7, 11) is 0. The lowest BCUT2D eigenvalue weighted by Gasteiger charge is -2.29. The lowest BCUT2D eigenvalue weighted by atomic mass is 10.1. The third-order valence-electron chi connectivity index (χ3n) is 3.05. The van der Waals surface area contributed by atoms with Crippen LogP contribution in [0.5, 0.6) is 0 Å². The number of carbonyl (C=O) groups is 1. The first kappa shape index (κ1) is 12.5. The van der Waals surface area contributed by atoms with Crippen molar-refractivity contribution >= 4 is 5.91 Å². The second-order valence-electron chi connectivity index (χ2n) is 4.92. The first-order chi connectivity index (χ1) is 7.15. The highest BCUT2D eigenvalue weighted by Crippen LogP contribution is 2.18. The van der Waals surface area contributed by atoms with Gasteiger partial charge in [0.2, 0.25) is 5.91 Å². The van der Waals surface area contributed by atoms with E-state index in [4.69, 9.17) is 5.73 Å². The van der Waals surface area contributed by atoms with E-state index in [9.17, 15) is 4.79 Å². The molecule has 1 saturated heterocycles. The summed E-state index contributed by atoms with van der Waals surface area (Å²) in [6, 6.07) is 0.291. The predicted molar refractivity (Wildman–Crippen MR) is 62.5 cm³/mol. The molecule has 1 atom stereocenters. The highest BCUT2D eigenvalue weighted by Gasteiger charge is 2.24. The van der Waals surface area contributed by atoms with Gasteiger partial charge in [0.1, 0.15) is 0 Å². The maximum Gasteiger partial charge on any atom is 0.223 e. The molecule has 0 bridgehead atoms. The van der Waals surface area contributed by atoms with Gasteiger partial charge >= 0.3 is 0 Å². The first-order valence-electron chi connectivity index (χ1n) is 6.14. The molecule has 0 radical (unpaired) electrons. The van der Waals surface area contributed by atoms with Crippen molar-refractivity contribution in [2.75, 3.05) is 13.1 Å². The molecular weight excluding hydrogens is 188 g/mol. The van der Waals surface area contributed by atoms with Gasteiger partial charge in [-0.05, 0) is 18.8 Å². The number of carbonyl (C=O) groups excluding carboxylic acids is 1. The highest BCUT2D eigenvalue weighted by molar-refractivity contribution is 5.76. The van der Waals surface area contributed by atoms with E-state index in [-0.39, 0.29) is 0 Å². The molecule has 15 heavy (non-hydrogen) atoms. The Morgan fingerprint density at radius 1 is 1.40 bits per heavy atom. The standard InChI is InChI=1S/C12H24N2O/c1-10(2)8-12(15)14-7-5-3-4-6-11(14)9-13/h10-11H,3-9,13H2,1-2H3. The lowest BCUT2D eigenvalue weighted by Crippen LogP contribution is -2.44. The fraction of sp³-hybridized carbons (Fsp3) is 0.917. The Kier molecular flexibility index (Phi) is 5.09.